The number of nitrogens with one attached hydrogen (secondary N) is 1. The third-order valence-corrected chi connectivity index (χ3v) is 4.51. The van der Waals surface area contributed by atoms with Gasteiger partial charge in [-0.1, -0.05) is 24.3 Å². The molecule has 0 aliphatic carbocycles. The minimum absolute atomic E-state index is 0.0457. The van der Waals surface area contributed by atoms with Gasteiger partial charge in [-0.2, -0.15) is 0 Å². The molecule has 2 rings (SSSR count). The van der Waals surface area contributed by atoms with Gasteiger partial charge in [0.05, 0.1) is 18.4 Å². The van der Waals surface area contributed by atoms with Crippen molar-refractivity contribution in [3.63, 3.8) is 0 Å². The van der Waals surface area contributed by atoms with Crippen LogP contribution in [-0.4, -0.2) is 21.4 Å². The SMILES string of the molecule is COc1cc(CC(=O)NCc2ccc(S(N)(=O)=O)cc2)ccc1C. The Kier molecular flexibility index (Phi) is 5.58. The summed E-state index contributed by atoms with van der Waals surface area (Å²) in [6.45, 7) is 2.25. The molecule has 3 N–H and O–H groups in total. The largest absolute Gasteiger partial charge is 0.496 e. The van der Waals surface area contributed by atoms with E-state index in [0.717, 1.165) is 22.4 Å². The van der Waals surface area contributed by atoms with E-state index in [1.165, 1.54) is 12.1 Å². The summed E-state index contributed by atoms with van der Waals surface area (Å²) >= 11 is 0. The molecule has 0 aromatic heterocycles. The Morgan fingerprint density at radius 1 is 1.12 bits per heavy atom. The number of rotatable bonds is 6. The van der Waals surface area contributed by atoms with E-state index < -0.39 is 10.0 Å². The monoisotopic (exact) mass is 348 g/mol. The van der Waals surface area contributed by atoms with Crippen LogP contribution in [0.1, 0.15) is 16.7 Å². The van der Waals surface area contributed by atoms with Crippen molar-refractivity contribution >= 4 is 15.9 Å². The zero-order valence-electron chi connectivity index (χ0n) is 13.6. The molecule has 0 spiro atoms. The molecule has 6 nitrogen and oxygen atoms in total. The molecule has 24 heavy (non-hydrogen) atoms. The summed E-state index contributed by atoms with van der Waals surface area (Å²) in [6, 6.07) is 11.7. The highest BCUT2D eigenvalue weighted by molar-refractivity contribution is 7.89. The molecule has 7 heteroatoms. The number of benzene rings is 2. The standard InChI is InChI=1S/C17H20N2O4S/c1-12-3-4-14(9-16(12)23-2)10-17(20)19-11-13-5-7-15(8-6-13)24(18,21)22/h3-9H,10-11H2,1-2H3,(H,19,20)(H2,18,21,22). The molecule has 128 valence electrons. The maximum Gasteiger partial charge on any atom is 0.238 e. The van der Waals surface area contributed by atoms with E-state index in [-0.39, 0.29) is 17.2 Å². The Balaban J connectivity index is 1.93. The highest BCUT2D eigenvalue weighted by Crippen LogP contribution is 2.19. The molecule has 0 saturated carbocycles. The molecule has 0 unspecified atom stereocenters. The first-order valence-corrected chi connectivity index (χ1v) is 8.86. The summed E-state index contributed by atoms with van der Waals surface area (Å²) in [4.78, 5) is 12.1. The average molecular weight is 348 g/mol. The number of nitrogens with two attached hydrogens (primary N) is 1. The van der Waals surface area contributed by atoms with Crippen LogP contribution in [-0.2, 0) is 27.8 Å². The van der Waals surface area contributed by atoms with Gasteiger partial charge in [0.1, 0.15) is 5.75 Å². The lowest BCUT2D eigenvalue weighted by atomic mass is 10.1. The lowest BCUT2D eigenvalue weighted by molar-refractivity contribution is -0.120. The number of carbonyl (C=O) groups is 1. The van der Waals surface area contributed by atoms with Gasteiger partial charge < -0.3 is 10.1 Å². The first-order chi connectivity index (χ1) is 11.3. The summed E-state index contributed by atoms with van der Waals surface area (Å²) in [6.07, 6.45) is 0.242. The summed E-state index contributed by atoms with van der Waals surface area (Å²) in [5.41, 5.74) is 2.66. The molecular weight excluding hydrogens is 328 g/mol. The van der Waals surface area contributed by atoms with Gasteiger partial charge in [0, 0.05) is 6.54 Å². The minimum Gasteiger partial charge on any atom is -0.496 e. The van der Waals surface area contributed by atoms with Crippen LogP contribution < -0.4 is 15.2 Å². The Bertz CT molecular complexity index is 830. The van der Waals surface area contributed by atoms with Crippen LogP contribution in [0.4, 0.5) is 0 Å². The van der Waals surface area contributed by atoms with Crippen molar-refractivity contribution in [1.82, 2.24) is 5.32 Å². The fourth-order valence-corrected chi connectivity index (χ4v) is 2.74. The fourth-order valence-electron chi connectivity index (χ4n) is 2.22. The van der Waals surface area contributed by atoms with Crippen molar-refractivity contribution in [3.05, 3.63) is 59.2 Å². The molecule has 0 aliphatic heterocycles. The zero-order valence-corrected chi connectivity index (χ0v) is 14.4. The van der Waals surface area contributed by atoms with Crippen LogP contribution in [0, 0.1) is 6.92 Å². The number of aryl methyl sites for hydroxylation is 1. The smallest absolute Gasteiger partial charge is 0.238 e. The van der Waals surface area contributed by atoms with E-state index >= 15 is 0 Å². The number of hydrogen-bond donors (Lipinski definition) is 2. The van der Waals surface area contributed by atoms with Crippen molar-refractivity contribution in [2.75, 3.05) is 7.11 Å². The van der Waals surface area contributed by atoms with Crippen LogP contribution in [0.2, 0.25) is 0 Å². The minimum atomic E-state index is -3.70. The number of primary sulfonamides is 1. The van der Waals surface area contributed by atoms with Crippen LogP contribution in [0.5, 0.6) is 5.75 Å². The van der Waals surface area contributed by atoms with E-state index in [1.54, 1.807) is 19.2 Å². The molecule has 1 amide bonds. The van der Waals surface area contributed by atoms with Gasteiger partial charge in [-0.15, -0.1) is 0 Å². The van der Waals surface area contributed by atoms with Crippen molar-refractivity contribution in [2.45, 2.75) is 24.8 Å². The van der Waals surface area contributed by atoms with E-state index in [0.29, 0.717) is 6.54 Å². The van der Waals surface area contributed by atoms with Gasteiger partial charge >= 0.3 is 0 Å². The number of carbonyl (C=O) groups excluding carboxylic acids is 1. The first-order valence-electron chi connectivity index (χ1n) is 7.31. The normalized spacial score (nSPS) is 11.1. The molecule has 0 aliphatic rings. The Hall–Kier alpha value is -2.38. The van der Waals surface area contributed by atoms with Gasteiger partial charge in [0.25, 0.3) is 0 Å². The van der Waals surface area contributed by atoms with Crippen molar-refractivity contribution in [3.8, 4) is 5.75 Å². The summed E-state index contributed by atoms with van der Waals surface area (Å²) in [7, 11) is -2.11. The number of ether oxygens (including phenoxy) is 1. The number of methoxy groups -OCH3 is 1. The third-order valence-electron chi connectivity index (χ3n) is 3.58. The molecular formula is C17H20N2O4S. The molecule has 0 radical (unpaired) electrons. The molecule has 2 aromatic rings. The van der Waals surface area contributed by atoms with Crippen LogP contribution in [0.15, 0.2) is 47.4 Å². The maximum absolute atomic E-state index is 12.0. The van der Waals surface area contributed by atoms with Crippen molar-refractivity contribution in [1.29, 1.82) is 0 Å². The van der Waals surface area contributed by atoms with Gasteiger partial charge in [0.15, 0.2) is 0 Å². The Morgan fingerprint density at radius 3 is 2.33 bits per heavy atom. The molecule has 0 fully saturated rings. The predicted octanol–water partition coefficient (Wildman–Crippen LogP) is 1.51. The van der Waals surface area contributed by atoms with Gasteiger partial charge in [-0.25, -0.2) is 13.6 Å². The van der Waals surface area contributed by atoms with E-state index in [9.17, 15) is 13.2 Å². The summed E-state index contributed by atoms with van der Waals surface area (Å²) in [5, 5.41) is 7.84. The second-order valence-corrected chi connectivity index (χ2v) is 7.01. The fraction of sp³-hybridized carbons (Fsp3) is 0.235. The van der Waals surface area contributed by atoms with Crippen molar-refractivity contribution in [2.24, 2.45) is 5.14 Å². The van der Waals surface area contributed by atoms with Gasteiger partial charge in [-0.3, -0.25) is 4.79 Å². The molecule has 0 atom stereocenters. The second-order valence-electron chi connectivity index (χ2n) is 5.45. The Morgan fingerprint density at radius 2 is 1.75 bits per heavy atom. The van der Waals surface area contributed by atoms with E-state index in [1.807, 2.05) is 25.1 Å². The van der Waals surface area contributed by atoms with Crippen LogP contribution >= 0.6 is 0 Å². The maximum atomic E-state index is 12.0. The lowest BCUT2D eigenvalue weighted by Gasteiger charge is -2.09. The molecule has 0 bridgehead atoms. The highest BCUT2D eigenvalue weighted by Gasteiger charge is 2.08. The van der Waals surface area contributed by atoms with Crippen LogP contribution in [0.3, 0.4) is 0 Å². The van der Waals surface area contributed by atoms with E-state index in [2.05, 4.69) is 5.32 Å². The highest BCUT2D eigenvalue weighted by atomic mass is 32.2. The number of hydrogen-bond acceptors (Lipinski definition) is 4. The average Bonchev–Trinajstić information content (AvgIpc) is 2.54. The van der Waals surface area contributed by atoms with E-state index in [4.69, 9.17) is 9.88 Å². The zero-order chi connectivity index (χ0) is 17.7. The third kappa shape index (κ3) is 4.81. The first kappa shape index (κ1) is 18.0. The topological polar surface area (TPSA) is 98.5 Å². The molecule has 0 saturated heterocycles. The summed E-state index contributed by atoms with van der Waals surface area (Å²) < 4.78 is 27.6. The molecule has 0 heterocycles. The van der Waals surface area contributed by atoms with Gasteiger partial charge in [-0.05, 0) is 41.8 Å². The predicted molar refractivity (Wildman–Crippen MR) is 91.1 cm³/mol. The number of amides is 1. The summed E-state index contributed by atoms with van der Waals surface area (Å²) in [5.74, 6) is 0.621. The lowest BCUT2D eigenvalue weighted by Crippen LogP contribution is -2.24. The second kappa shape index (κ2) is 7.46. The van der Waals surface area contributed by atoms with Crippen LogP contribution in [0.25, 0.3) is 0 Å². The van der Waals surface area contributed by atoms with Crippen molar-refractivity contribution < 1.29 is 17.9 Å². The Labute approximate surface area is 141 Å². The number of sulfonamides is 1. The molecule has 2 aromatic carbocycles. The van der Waals surface area contributed by atoms with Gasteiger partial charge in [0.2, 0.25) is 15.9 Å². The quantitative estimate of drug-likeness (QED) is 0.826.